The third kappa shape index (κ3) is 3.32. The van der Waals surface area contributed by atoms with Crippen molar-refractivity contribution in [1.82, 2.24) is 0 Å². The van der Waals surface area contributed by atoms with Gasteiger partial charge in [0, 0.05) is 11.0 Å². The lowest BCUT2D eigenvalue weighted by molar-refractivity contribution is 0.0697. The van der Waals surface area contributed by atoms with Crippen molar-refractivity contribution in [1.29, 1.82) is 0 Å². The molecule has 0 saturated heterocycles. The van der Waals surface area contributed by atoms with Crippen molar-refractivity contribution < 1.29 is 14.3 Å². The van der Waals surface area contributed by atoms with Gasteiger partial charge in [-0.05, 0) is 45.8 Å². The molecule has 3 nitrogen and oxygen atoms in total. The van der Waals surface area contributed by atoms with Crippen molar-refractivity contribution in [3.63, 3.8) is 0 Å². The minimum absolute atomic E-state index is 0.185. The number of rotatable bonds is 4. The van der Waals surface area contributed by atoms with E-state index >= 15 is 0 Å². The molecule has 2 aromatic carbocycles. The fourth-order valence-corrected chi connectivity index (χ4v) is 2.22. The first-order valence-electron chi connectivity index (χ1n) is 5.58. The van der Waals surface area contributed by atoms with Gasteiger partial charge in [-0.2, -0.15) is 0 Å². The van der Waals surface area contributed by atoms with E-state index in [4.69, 9.17) is 5.11 Å². The molecule has 0 heterocycles. The summed E-state index contributed by atoms with van der Waals surface area (Å²) in [6.45, 7) is 0.428. The highest BCUT2D eigenvalue weighted by Crippen LogP contribution is 2.25. The van der Waals surface area contributed by atoms with Gasteiger partial charge in [0.15, 0.2) is 0 Å². The van der Waals surface area contributed by atoms with Gasteiger partial charge in [0.1, 0.15) is 5.82 Å². The SMILES string of the molecule is O=C(O)c1c(Br)cccc1NCc1ccc(F)cc1. The van der Waals surface area contributed by atoms with Gasteiger partial charge in [-0.15, -0.1) is 0 Å². The molecular formula is C14H11BrFNO2. The largest absolute Gasteiger partial charge is 0.478 e. The zero-order chi connectivity index (χ0) is 13.8. The molecular weight excluding hydrogens is 313 g/mol. The van der Waals surface area contributed by atoms with Crippen LogP contribution in [0.5, 0.6) is 0 Å². The molecule has 0 aliphatic rings. The Balaban J connectivity index is 2.18. The van der Waals surface area contributed by atoms with Crippen LogP contribution in [0.15, 0.2) is 46.9 Å². The standard InChI is InChI=1S/C14H11BrFNO2/c15-11-2-1-3-12(13(11)14(18)19)17-8-9-4-6-10(16)7-5-9/h1-7,17H,8H2,(H,18,19). The summed E-state index contributed by atoms with van der Waals surface area (Å²) in [5, 5.41) is 12.2. The summed E-state index contributed by atoms with van der Waals surface area (Å²) in [6, 6.07) is 11.2. The second kappa shape index (κ2) is 5.84. The van der Waals surface area contributed by atoms with Crippen molar-refractivity contribution in [2.45, 2.75) is 6.54 Å². The van der Waals surface area contributed by atoms with Crippen LogP contribution in [0.4, 0.5) is 10.1 Å². The smallest absolute Gasteiger partial charge is 0.338 e. The van der Waals surface area contributed by atoms with E-state index in [1.807, 2.05) is 0 Å². The fraction of sp³-hybridized carbons (Fsp3) is 0.0714. The summed E-state index contributed by atoms with van der Waals surface area (Å²) < 4.78 is 13.3. The van der Waals surface area contributed by atoms with Gasteiger partial charge in [-0.25, -0.2) is 9.18 Å². The van der Waals surface area contributed by atoms with Crippen LogP contribution in [0.1, 0.15) is 15.9 Å². The Bertz CT molecular complexity index is 599. The topological polar surface area (TPSA) is 49.3 Å². The van der Waals surface area contributed by atoms with E-state index in [0.29, 0.717) is 16.7 Å². The van der Waals surface area contributed by atoms with Crippen molar-refractivity contribution in [3.05, 3.63) is 63.9 Å². The molecule has 0 aliphatic carbocycles. The normalized spacial score (nSPS) is 10.2. The van der Waals surface area contributed by atoms with Crippen LogP contribution < -0.4 is 5.32 Å². The Morgan fingerprint density at radius 1 is 1.21 bits per heavy atom. The summed E-state index contributed by atoms with van der Waals surface area (Å²) in [7, 11) is 0. The molecule has 19 heavy (non-hydrogen) atoms. The van der Waals surface area contributed by atoms with Crippen molar-refractivity contribution in [3.8, 4) is 0 Å². The number of benzene rings is 2. The number of anilines is 1. The second-order valence-corrected chi connectivity index (χ2v) is 4.80. The molecule has 5 heteroatoms. The van der Waals surface area contributed by atoms with E-state index in [2.05, 4.69) is 21.2 Å². The maximum Gasteiger partial charge on any atom is 0.338 e. The lowest BCUT2D eigenvalue weighted by Gasteiger charge is -2.11. The highest BCUT2D eigenvalue weighted by molar-refractivity contribution is 9.10. The third-order valence-electron chi connectivity index (χ3n) is 2.62. The van der Waals surface area contributed by atoms with Crippen LogP contribution in [-0.4, -0.2) is 11.1 Å². The highest BCUT2D eigenvalue weighted by atomic mass is 79.9. The van der Waals surface area contributed by atoms with Crippen LogP contribution >= 0.6 is 15.9 Å². The minimum Gasteiger partial charge on any atom is -0.478 e. The van der Waals surface area contributed by atoms with Crippen molar-refractivity contribution in [2.75, 3.05) is 5.32 Å². The fourth-order valence-electron chi connectivity index (χ4n) is 1.69. The van der Waals surface area contributed by atoms with Crippen LogP contribution in [0.2, 0.25) is 0 Å². The Hall–Kier alpha value is -1.88. The van der Waals surface area contributed by atoms with Crippen LogP contribution in [0.3, 0.4) is 0 Å². The zero-order valence-corrected chi connectivity index (χ0v) is 11.4. The van der Waals surface area contributed by atoms with Crippen molar-refractivity contribution in [2.24, 2.45) is 0 Å². The molecule has 0 aliphatic heterocycles. The van der Waals surface area contributed by atoms with Gasteiger partial charge < -0.3 is 10.4 Å². The van der Waals surface area contributed by atoms with E-state index in [-0.39, 0.29) is 11.4 Å². The van der Waals surface area contributed by atoms with Gasteiger partial charge in [-0.3, -0.25) is 0 Å². The first-order valence-corrected chi connectivity index (χ1v) is 6.37. The van der Waals surface area contributed by atoms with Gasteiger partial charge in [-0.1, -0.05) is 18.2 Å². The first kappa shape index (κ1) is 13.5. The summed E-state index contributed by atoms with van der Waals surface area (Å²) >= 11 is 3.21. The predicted molar refractivity (Wildman–Crippen MR) is 74.8 cm³/mol. The molecule has 98 valence electrons. The molecule has 0 unspecified atom stereocenters. The van der Waals surface area contributed by atoms with Gasteiger partial charge >= 0.3 is 5.97 Å². The van der Waals surface area contributed by atoms with Crippen LogP contribution in [0.25, 0.3) is 0 Å². The summed E-state index contributed by atoms with van der Waals surface area (Å²) in [4.78, 5) is 11.2. The second-order valence-electron chi connectivity index (χ2n) is 3.95. The number of aromatic carboxylic acids is 1. The lowest BCUT2D eigenvalue weighted by atomic mass is 10.1. The molecule has 0 bridgehead atoms. The molecule has 0 saturated carbocycles. The van der Waals surface area contributed by atoms with Crippen molar-refractivity contribution >= 4 is 27.6 Å². The number of carbonyl (C=O) groups is 1. The number of carboxylic acids is 1. The molecule has 2 N–H and O–H groups in total. The quantitative estimate of drug-likeness (QED) is 0.897. The average molecular weight is 324 g/mol. The van der Waals surface area contributed by atoms with E-state index in [0.717, 1.165) is 5.56 Å². The number of halogens is 2. The molecule has 2 aromatic rings. The molecule has 0 fully saturated rings. The van der Waals surface area contributed by atoms with E-state index in [1.54, 1.807) is 30.3 Å². The number of hydrogen-bond acceptors (Lipinski definition) is 2. The maximum atomic E-state index is 12.8. The number of nitrogens with one attached hydrogen (secondary N) is 1. The maximum absolute atomic E-state index is 12.8. The summed E-state index contributed by atoms with van der Waals surface area (Å²) in [5.41, 5.74) is 1.58. The monoisotopic (exact) mass is 323 g/mol. The van der Waals surface area contributed by atoms with Gasteiger partial charge in [0.2, 0.25) is 0 Å². The van der Waals surface area contributed by atoms with Crippen LogP contribution in [-0.2, 0) is 6.54 Å². The van der Waals surface area contributed by atoms with Crippen LogP contribution in [0, 0.1) is 5.82 Å². The molecule has 0 radical (unpaired) electrons. The molecule has 0 atom stereocenters. The molecule has 2 rings (SSSR count). The number of carboxylic acid groups (broad SMARTS) is 1. The number of hydrogen-bond donors (Lipinski definition) is 2. The van der Waals surface area contributed by atoms with E-state index in [9.17, 15) is 9.18 Å². The molecule has 0 amide bonds. The molecule has 0 aromatic heterocycles. The predicted octanol–water partition coefficient (Wildman–Crippen LogP) is 3.90. The minimum atomic E-state index is -1.01. The Labute approximate surface area is 118 Å². The van der Waals surface area contributed by atoms with E-state index in [1.165, 1.54) is 12.1 Å². The lowest BCUT2D eigenvalue weighted by Crippen LogP contribution is -2.07. The van der Waals surface area contributed by atoms with E-state index < -0.39 is 5.97 Å². The summed E-state index contributed by atoms with van der Waals surface area (Å²) in [5.74, 6) is -1.30. The zero-order valence-electron chi connectivity index (χ0n) is 9.86. The average Bonchev–Trinajstić information content (AvgIpc) is 2.37. The Morgan fingerprint density at radius 2 is 1.89 bits per heavy atom. The third-order valence-corrected chi connectivity index (χ3v) is 3.28. The first-order chi connectivity index (χ1) is 9.08. The Kier molecular flexibility index (Phi) is 4.16. The van der Waals surface area contributed by atoms with Gasteiger partial charge in [0.25, 0.3) is 0 Å². The molecule has 0 spiro atoms. The van der Waals surface area contributed by atoms with Gasteiger partial charge in [0.05, 0.1) is 11.3 Å². The highest BCUT2D eigenvalue weighted by Gasteiger charge is 2.13. The Morgan fingerprint density at radius 3 is 2.53 bits per heavy atom. The summed E-state index contributed by atoms with van der Waals surface area (Å²) in [6.07, 6.45) is 0.